The van der Waals surface area contributed by atoms with Gasteiger partial charge in [0, 0.05) is 23.2 Å². The molecule has 0 aromatic heterocycles. The quantitative estimate of drug-likeness (QED) is 0.800. The molecule has 0 saturated carbocycles. The number of amides is 1. The lowest BCUT2D eigenvalue weighted by atomic mass is 9.92. The minimum atomic E-state index is -0.423. The second-order valence-corrected chi connectivity index (χ2v) is 6.67. The van der Waals surface area contributed by atoms with Crippen molar-refractivity contribution in [3.8, 4) is 0 Å². The molecule has 0 heterocycles. The molecular weight excluding hydrogens is 318 g/mol. The van der Waals surface area contributed by atoms with Gasteiger partial charge in [-0.1, -0.05) is 20.8 Å². The van der Waals surface area contributed by atoms with Gasteiger partial charge in [0.2, 0.25) is 5.91 Å². The van der Waals surface area contributed by atoms with Gasteiger partial charge in [-0.2, -0.15) is 0 Å². The van der Waals surface area contributed by atoms with E-state index in [4.69, 9.17) is 11.5 Å². The van der Waals surface area contributed by atoms with Gasteiger partial charge in [-0.15, -0.1) is 0 Å². The lowest BCUT2D eigenvalue weighted by molar-refractivity contribution is 0.0999. The number of nitrogens with two attached hydrogens (primary N) is 2. The summed E-state index contributed by atoms with van der Waals surface area (Å²) in [5.74, 6) is -0.423. The summed E-state index contributed by atoms with van der Waals surface area (Å²) >= 11 is 3.41. The van der Waals surface area contributed by atoms with E-state index in [1.807, 2.05) is 12.1 Å². The molecule has 0 saturated heterocycles. The zero-order valence-corrected chi connectivity index (χ0v) is 14.0. The molecule has 0 atom stereocenters. The summed E-state index contributed by atoms with van der Waals surface area (Å²) in [6.45, 7) is 8.92. The van der Waals surface area contributed by atoms with Crippen LogP contribution in [0.5, 0.6) is 0 Å². The number of carbonyl (C=O) groups is 1. The van der Waals surface area contributed by atoms with Gasteiger partial charge >= 0.3 is 0 Å². The summed E-state index contributed by atoms with van der Waals surface area (Å²) in [5, 5.41) is 0. The minimum absolute atomic E-state index is 0.0456. The maximum Gasteiger partial charge on any atom is 0.249 e. The van der Waals surface area contributed by atoms with Gasteiger partial charge in [0.1, 0.15) is 0 Å². The zero-order valence-electron chi connectivity index (χ0n) is 12.4. The number of benzene rings is 1. The summed E-state index contributed by atoms with van der Waals surface area (Å²) in [6, 6.07) is 5.65. The molecule has 0 fully saturated rings. The number of nitrogens with zero attached hydrogens (tertiary/aromatic N) is 1. The van der Waals surface area contributed by atoms with Gasteiger partial charge in [0.15, 0.2) is 0 Å². The van der Waals surface area contributed by atoms with Crippen LogP contribution in [0.25, 0.3) is 0 Å². The van der Waals surface area contributed by atoms with Crippen LogP contribution < -0.4 is 16.4 Å². The lowest BCUT2D eigenvalue weighted by Gasteiger charge is -2.33. The monoisotopic (exact) mass is 341 g/mol. The lowest BCUT2D eigenvalue weighted by Crippen LogP contribution is -2.39. The number of hydrogen-bond acceptors (Lipinski definition) is 3. The molecule has 5 heteroatoms. The number of primary amides is 1. The zero-order chi connectivity index (χ0) is 15.3. The van der Waals surface area contributed by atoms with Crippen molar-refractivity contribution >= 4 is 27.5 Å². The van der Waals surface area contributed by atoms with Crippen LogP contribution in [0.15, 0.2) is 22.7 Å². The van der Waals surface area contributed by atoms with E-state index in [2.05, 4.69) is 41.6 Å². The van der Waals surface area contributed by atoms with E-state index in [1.165, 1.54) is 0 Å². The molecule has 4 N–H and O–H groups in total. The van der Waals surface area contributed by atoms with Crippen molar-refractivity contribution in [2.45, 2.75) is 27.2 Å². The number of anilines is 1. The summed E-state index contributed by atoms with van der Waals surface area (Å²) < 4.78 is 0.731. The van der Waals surface area contributed by atoms with E-state index in [0.29, 0.717) is 12.1 Å². The molecule has 1 aromatic rings. The summed E-state index contributed by atoms with van der Waals surface area (Å²) in [4.78, 5) is 13.6. The first-order valence-electron chi connectivity index (χ1n) is 6.85. The van der Waals surface area contributed by atoms with Crippen molar-refractivity contribution < 1.29 is 4.79 Å². The molecule has 0 aliphatic heterocycles. The Morgan fingerprint density at radius 3 is 2.50 bits per heavy atom. The number of carbonyl (C=O) groups excluding carboxylic acids is 1. The van der Waals surface area contributed by atoms with Crippen molar-refractivity contribution in [3.63, 3.8) is 0 Å². The molecule has 0 radical (unpaired) electrons. The molecular formula is C15H24BrN3O. The van der Waals surface area contributed by atoms with Crippen LogP contribution in [0.2, 0.25) is 0 Å². The van der Waals surface area contributed by atoms with E-state index >= 15 is 0 Å². The van der Waals surface area contributed by atoms with Crippen molar-refractivity contribution in [3.05, 3.63) is 28.2 Å². The third-order valence-electron chi connectivity index (χ3n) is 3.25. The maximum absolute atomic E-state index is 11.3. The van der Waals surface area contributed by atoms with Crippen molar-refractivity contribution in [1.29, 1.82) is 0 Å². The van der Waals surface area contributed by atoms with Crippen LogP contribution in [0.4, 0.5) is 5.69 Å². The average Bonchev–Trinajstić information content (AvgIpc) is 2.37. The first-order chi connectivity index (χ1) is 9.30. The van der Waals surface area contributed by atoms with Crippen molar-refractivity contribution in [1.82, 2.24) is 0 Å². The summed E-state index contributed by atoms with van der Waals surface area (Å²) in [5.41, 5.74) is 12.8. The molecule has 0 unspecified atom stereocenters. The molecule has 0 aliphatic carbocycles. The van der Waals surface area contributed by atoms with Crippen LogP contribution in [0, 0.1) is 5.41 Å². The van der Waals surface area contributed by atoms with E-state index in [-0.39, 0.29) is 5.41 Å². The fourth-order valence-corrected chi connectivity index (χ4v) is 2.61. The Labute approximate surface area is 129 Å². The van der Waals surface area contributed by atoms with Crippen molar-refractivity contribution in [2.24, 2.45) is 16.9 Å². The van der Waals surface area contributed by atoms with Crippen LogP contribution in [-0.4, -0.2) is 25.5 Å². The van der Waals surface area contributed by atoms with E-state index in [9.17, 15) is 4.79 Å². The first kappa shape index (κ1) is 17.0. The standard InChI is InChI=1S/C15H24BrN3O/c1-4-7-19(10-15(2,3)9-17)11-5-6-12(14(18)20)13(16)8-11/h5-6,8H,4,7,9-10,17H2,1-3H3,(H2,18,20). The van der Waals surface area contributed by atoms with Gasteiger partial charge in [-0.05, 0) is 52.5 Å². The maximum atomic E-state index is 11.3. The Bertz CT molecular complexity index is 474. The van der Waals surface area contributed by atoms with Gasteiger partial charge in [0.05, 0.1) is 5.56 Å². The Kier molecular flexibility index (Phi) is 6.02. The molecule has 4 nitrogen and oxygen atoms in total. The number of halogens is 1. The van der Waals surface area contributed by atoms with Crippen molar-refractivity contribution in [2.75, 3.05) is 24.5 Å². The van der Waals surface area contributed by atoms with E-state index in [1.54, 1.807) is 6.07 Å². The second kappa shape index (κ2) is 7.09. The van der Waals surface area contributed by atoms with Crippen LogP contribution >= 0.6 is 15.9 Å². The van der Waals surface area contributed by atoms with Gasteiger partial charge in [-0.25, -0.2) is 0 Å². The van der Waals surface area contributed by atoms with Crippen LogP contribution in [0.1, 0.15) is 37.6 Å². The minimum Gasteiger partial charge on any atom is -0.371 e. The summed E-state index contributed by atoms with van der Waals surface area (Å²) in [6.07, 6.45) is 1.05. The molecule has 0 bridgehead atoms. The third-order valence-corrected chi connectivity index (χ3v) is 3.90. The van der Waals surface area contributed by atoms with E-state index < -0.39 is 5.91 Å². The molecule has 0 aliphatic rings. The number of hydrogen-bond donors (Lipinski definition) is 2. The Morgan fingerprint density at radius 1 is 1.40 bits per heavy atom. The highest BCUT2D eigenvalue weighted by Gasteiger charge is 2.21. The SMILES string of the molecule is CCCN(CC(C)(C)CN)c1ccc(C(N)=O)c(Br)c1. The van der Waals surface area contributed by atoms with Gasteiger partial charge in [0.25, 0.3) is 0 Å². The van der Waals surface area contributed by atoms with Crippen LogP contribution in [-0.2, 0) is 0 Å². The van der Waals surface area contributed by atoms with Gasteiger partial charge in [-0.3, -0.25) is 4.79 Å². The largest absolute Gasteiger partial charge is 0.371 e. The highest BCUT2D eigenvalue weighted by atomic mass is 79.9. The normalized spacial score (nSPS) is 11.4. The summed E-state index contributed by atoms with van der Waals surface area (Å²) in [7, 11) is 0. The molecule has 112 valence electrons. The predicted octanol–water partition coefficient (Wildman–Crippen LogP) is 2.75. The van der Waals surface area contributed by atoms with Crippen LogP contribution in [0.3, 0.4) is 0 Å². The fraction of sp³-hybridized carbons (Fsp3) is 0.533. The van der Waals surface area contributed by atoms with Gasteiger partial charge < -0.3 is 16.4 Å². The average molecular weight is 342 g/mol. The molecule has 20 heavy (non-hydrogen) atoms. The molecule has 0 spiro atoms. The second-order valence-electron chi connectivity index (χ2n) is 5.82. The molecule has 1 aromatic carbocycles. The Hall–Kier alpha value is -1.07. The fourth-order valence-electron chi connectivity index (χ4n) is 2.05. The highest BCUT2D eigenvalue weighted by Crippen LogP contribution is 2.27. The van der Waals surface area contributed by atoms with E-state index in [0.717, 1.165) is 29.7 Å². The number of rotatable bonds is 7. The smallest absolute Gasteiger partial charge is 0.249 e. The topological polar surface area (TPSA) is 72.3 Å². The highest BCUT2D eigenvalue weighted by molar-refractivity contribution is 9.10. The Morgan fingerprint density at radius 2 is 2.05 bits per heavy atom. The third kappa shape index (κ3) is 4.49. The molecule has 1 rings (SSSR count). The Balaban J connectivity index is 3.03. The predicted molar refractivity (Wildman–Crippen MR) is 88.0 cm³/mol. The molecule has 1 amide bonds. The first-order valence-corrected chi connectivity index (χ1v) is 7.64.